The molecule has 0 fully saturated rings. The van der Waals surface area contributed by atoms with E-state index >= 15 is 0 Å². The Balaban J connectivity index is 0.00000144. The number of hydrogen-bond acceptors (Lipinski definition) is 2. The Kier molecular flexibility index (Phi) is 3.61. The Morgan fingerprint density at radius 3 is 1.46 bits per heavy atom. The van der Waals surface area contributed by atoms with Crippen LogP contribution < -0.4 is 11.5 Å². The number of nitrogens with two attached hydrogens (primary N) is 2. The zero-order chi connectivity index (χ0) is 9.14. The quantitative estimate of drug-likeness (QED) is 0.613. The molecule has 2 amide bonds. The molecule has 0 saturated heterocycles. The molecule has 0 spiro atoms. The summed E-state index contributed by atoms with van der Waals surface area (Å²) in [4.78, 5) is 21.5. The fraction of sp³-hybridized carbons (Fsp3) is 0. The third kappa shape index (κ3) is 2.28. The van der Waals surface area contributed by atoms with Crippen LogP contribution in [0.5, 0.6) is 0 Å². The standard InChI is InChI=1S/C8H8N2O2.H2O/c9-7(11)5-3-1-2-4-6(5)8(10)12;/h1-4H,(H2,9,11)(H2,10,12);1H2. The van der Waals surface area contributed by atoms with Gasteiger partial charge in [-0.1, -0.05) is 12.1 Å². The van der Waals surface area contributed by atoms with Gasteiger partial charge in [-0.05, 0) is 12.1 Å². The molecule has 0 atom stereocenters. The molecular weight excluding hydrogens is 172 g/mol. The van der Waals surface area contributed by atoms with E-state index < -0.39 is 11.8 Å². The van der Waals surface area contributed by atoms with Crippen LogP contribution in [-0.4, -0.2) is 17.3 Å². The Morgan fingerprint density at radius 2 is 1.23 bits per heavy atom. The van der Waals surface area contributed by atoms with Crippen molar-refractivity contribution in [3.8, 4) is 0 Å². The van der Waals surface area contributed by atoms with Crippen LogP contribution in [0, 0.1) is 0 Å². The molecule has 0 radical (unpaired) electrons. The number of benzene rings is 1. The van der Waals surface area contributed by atoms with Crippen molar-refractivity contribution >= 4 is 11.8 Å². The first-order valence-corrected chi connectivity index (χ1v) is 3.31. The first-order valence-electron chi connectivity index (χ1n) is 3.31. The van der Waals surface area contributed by atoms with E-state index in [1.165, 1.54) is 12.1 Å². The normalized spacial score (nSPS) is 8.62. The molecular formula is C8H10N2O3. The van der Waals surface area contributed by atoms with E-state index in [1.54, 1.807) is 12.1 Å². The molecule has 0 bridgehead atoms. The van der Waals surface area contributed by atoms with Crippen LogP contribution in [0.15, 0.2) is 24.3 Å². The maximum absolute atomic E-state index is 10.7. The highest BCUT2D eigenvalue weighted by Crippen LogP contribution is 2.06. The van der Waals surface area contributed by atoms with Crippen molar-refractivity contribution in [2.45, 2.75) is 0 Å². The van der Waals surface area contributed by atoms with E-state index in [2.05, 4.69) is 0 Å². The van der Waals surface area contributed by atoms with Gasteiger partial charge in [-0.2, -0.15) is 0 Å². The topological polar surface area (TPSA) is 118 Å². The minimum atomic E-state index is -0.649. The molecule has 0 aliphatic rings. The molecule has 0 heterocycles. The molecule has 70 valence electrons. The smallest absolute Gasteiger partial charge is 0.249 e. The molecule has 1 rings (SSSR count). The molecule has 13 heavy (non-hydrogen) atoms. The zero-order valence-corrected chi connectivity index (χ0v) is 6.78. The van der Waals surface area contributed by atoms with E-state index in [9.17, 15) is 9.59 Å². The predicted octanol–water partition coefficient (Wildman–Crippen LogP) is -0.940. The zero-order valence-electron chi connectivity index (χ0n) is 6.78. The largest absolute Gasteiger partial charge is 0.412 e. The Bertz CT molecular complexity index is 303. The van der Waals surface area contributed by atoms with Crippen molar-refractivity contribution in [3.05, 3.63) is 35.4 Å². The average Bonchev–Trinajstić information content (AvgIpc) is 2.04. The van der Waals surface area contributed by atoms with Crippen molar-refractivity contribution in [1.29, 1.82) is 0 Å². The Hall–Kier alpha value is -1.88. The van der Waals surface area contributed by atoms with E-state index in [0.717, 1.165) is 0 Å². The fourth-order valence-electron chi connectivity index (χ4n) is 0.913. The summed E-state index contributed by atoms with van der Waals surface area (Å²) in [6.45, 7) is 0. The van der Waals surface area contributed by atoms with Crippen LogP contribution in [0.2, 0.25) is 0 Å². The monoisotopic (exact) mass is 182 g/mol. The van der Waals surface area contributed by atoms with Gasteiger partial charge < -0.3 is 16.9 Å². The van der Waals surface area contributed by atoms with Crippen LogP contribution >= 0.6 is 0 Å². The molecule has 1 aromatic rings. The van der Waals surface area contributed by atoms with Crippen molar-refractivity contribution in [3.63, 3.8) is 0 Å². The molecule has 5 heteroatoms. The summed E-state index contributed by atoms with van der Waals surface area (Å²) >= 11 is 0. The van der Waals surface area contributed by atoms with Crippen LogP contribution in [-0.2, 0) is 0 Å². The Morgan fingerprint density at radius 1 is 0.923 bits per heavy atom. The van der Waals surface area contributed by atoms with Gasteiger partial charge in [0, 0.05) is 0 Å². The van der Waals surface area contributed by atoms with Gasteiger partial charge in [0.15, 0.2) is 0 Å². The van der Waals surface area contributed by atoms with Crippen molar-refractivity contribution in [2.75, 3.05) is 0 Å². The van der Waals surface area contributed by atoms with Crippen LogP contribution in [0.4, 0.5) is 0 Å². The van der Waals surface area contributed by atoms with Crippen LogP contribution in [0.1, 0.15) is 20.7 Å². The highest BCUT2D eigenvalue weighted by Gasteiger charge is 2.10. The lowest BCUT2D eigenvalue weighted by Crippen LogP contribution is -2.20. The predicted molar refractivity (Wildman–Crippen MR) is 47.1 cm³/mol. The van der Waals surface area contributed by atoms with Gasteiger partial charge in [0.1, 0.15) is 0 Å². The van der Waals surface area contributed by atoms with Gasteiger partial charge in [-0.15, -0.1) is 0 Å². The third-order valence-electron chi connectivity index (χ3n) is 1.46. The number of hydrogen-bond donors (Lipinski definition) is 2. The summed E-state index contributed by atoms with van der Waals surface area (Å²) < 4.78 is 0. The lowest BCUT2D eigenvalue weighted by Gasteiger charge is -2.00. The van der Waals surface area contributed by atoms with Crippen molar-refractivity contribution in [2.24, 2.45) is 11.5 Å². The minimum Gasteiger partial charge on any atom is -0.412 e. The van der Waals surface area contributed by atoms with Gasteiger partial charge in [0.25, 0.3) is 0 Å². The number of carbonyl (C=O) groups excluding carboxylic acids is 2. The number of carbonyl (C=O) groups is 2. The lowest BCUT2D eigenvalue weighted by atomic mass is 10.1. The van der Waals surface area contributed by atoms with Gasteiger partial charge in [-0.3, -0.25) is 9.59 Å². The maximum Gasteiger partial charge on any atom is 0.249 e. The van der Waals surface area contributed by atoms with Crippen molar-refractivity contribution in [1.82, 2.24) is 0 Å². The molecule has 0 unspecified atom stereocenters. The molecule has 0 aliphatic heterocycles. The summed E-state index contributed by atoms with van der Waals surface area (Å²) in [5, 5.41) is 0. The highest BCUT2D eigenvalue weighted by atomic mass is 16.2. The van der Waals surface area contributed by atoms with Crippen LogP contribution in [0.3, 0.4) is 0 Å². The summed E-state index contributed by atoms with van der Waals surface area (Å²) in [5.41, 5.74) is 10.3. The fourth-order valence-corrected chi connectivity index (χ4v) is 0.913. The number of amides is 2. The number of primary amides is 2. The number of rotatable bonds is 2. The van der Waals surface area contributed by atoms with Gasteiger partial charge in [0.05, 0.1) is 11.1 Å². The van der Waals surface area contributed by atoms with E-state index in [-0.39, 0.29) is 16.6 Å². The Labute approximate surface area is 74.6 Å². The second kappa shape index (κ2) is 4.22. The summed E-state index contributed by atoms with van der Waals surface area (Å²) in [6.07, 6.45) is 0. The molecule has 6 N–H and O–H groups in total. The summed E-state index contributed by atoms with van der Waals surface area (Å²) in [6, 6.07) is 6.16. The average molecular weight is 182 g/mol. The molecule has 5 nitrogen and oxygen atoms in total. The van der Waals surface area contributed by atoms with Gasteiger partial charge in [-0.25, -0.2) is 0 Å². The second-order valence-corrected chi connectivity index (χ2v) is 2.27. The first kappa shape index (κ1) is 11.1. The molecule has 0 aliphatic carbocycles. The maximum atomic E-state index is 10.7. The molecule has 0 saturated carbocycles. The summed E-state index contributed by atoms with van der Waals surface area (Å²) in [5.74, 6) is -1.30. The highest BCUT2D eigenvalue weighted by molar-refractivity contribution is 6.05. The van der Waals surface area contributed by atoms with E-state index in [1.807, 2.05) is 0 Å². The van der Waals surface area contributed by atoms with Gasteiger partial charge in [0.2, 0.25) is 11.8 Å². The SMILES string of the molecule is NC(=O)c1ccccc1C(N)=O.O. The van der Waals surface area contributed by atoms with Crippen molar-refractivity contribution < 1.29 is 15.1 Å². The molecule has 0 aromatic heterocycles. The third-order valence-corrected chi connectivity index (χ3v) is 1.46. The van der Waals surface area contributed by atoms with E-state index in [0.29, 0.717) is 0 Å². The molecule has 1 aromatic carbocycles. The lowest BCUT2D eigenvalue weighted by molar-refractivity contribution is 0.0967. The van der Waals surface area contributed by atoms with Crippen LogP contribution in [0.25, 0.3) is 0 Å². The minimum absolute atomic E-state index is 0. The van der Waals surface area contributed by atoms with Gasteiger partial charge >= 0.3 is 0 Å². The summed E-state index contributed by atoms with van der Waals surface area (Å²) in [7, 11) is 0. The second-order valence-electron chi connectivity index (χ2n) is 2.27. The first-order chi connectivity index (χ1) is 5.63. The van der Waals surface area contributed by atoms with E-state index in [4.69, 9.17) is 11.5 Å².